The predicted molar refractivity (Wildman–Crippen MR) is 125 cm³/mol. The van der Waals surface area contributed by atoms with Crippen LogP contribution in [0.15, 0.2) is 72.1 Å². The molecule has 0 saturated carbocycles. The molecule has 0 aliphatic carbocycles. The highest BCUT2D eigenvalue weighted by Gasteiger charge is 2.33. The van der Waals surface area contributed by atoms with E-state index in [0.717, 1.165) is 40.2 Å². The lowest BCUT2D eigenvalue weighted by atomic mass is 10.1. The van der Waals surface area contributed by atoms with E-state index < -0.39 is 17.6 Å². The van der Waals surface area contributed by atoms with Gasteiger partial charge in [0.15, 0.2) is 11.0 Å². The van der Waals surface area contributed by atoms with Crippen LogP contribution in [0.2, 0.25) is 0 Å². The van der Waals surface area contributed by atoms with Crippen LogP contribution in [0.25, 0.3) is 17.1 Å². The first-order chi connectivity index (χ1) is 16.2. The van der Waals surface area contributed by atoms with Crippen LogP contribution in [-0.2, 0) is 11.0 Å². The molecule has 0 fully saturated rings. The summed E-state index contributed by atoms with van der Waals surface area (Å²) < 4.78 is 41.5. The minimum atomic E-state index is -4.57. The molecule has 174 valence electrons. The Balaban J connectivity index is 1.61. The zero-order chi connectivity index (χ0) is 24.3. The number of amides is 1. The Labute approximate surface area is 198 Å². The molecule has 6 nitrogen and oxygen atoms in total. The molecule has 1 amide bonds. The molecule has 0 aliphatic rings. The summed E-state index contributed by atoms with van der Waals surface area (Å²) >= 11 is 1.09. The number of aromatic nitrogens is 4. The Hall–Kier alpha value is -3.66. The van der Waals surface area contributed by atoms with Gasteiger partial charge in [-0.15, -0.1) is 10.2 Å². The molecule has 34 heavy (non-hydrogen) atoms. The van der Waals surface area contributed by atoms with Crippen molar-refractivity contribution < 1.29 is 18.0 Å². The number of carbonyl (C=O) groups is 1. The third kappa shape index (κ3) is 5.12. The van der Waals surface area contributed by atoms with E-state index in [0.29, 0.717) is 11.0 Å². The van der Waals surface area contributed by atoms with Crippen molar-refractivity contribution in [2.24, 2.45) is 0 Å². The van der Waals surface area contributed by atoms with E-state index in [9.17, 15) is 18.0 Å². The number of para-hydroxylation sites is 1. The van der Waals surface area contributed by atoms with Gasteiger partial charge in [-0.2, -0.15) is 13.2 Å². The standard InChI is InChI=1S/C24H20F3N5OS/c1-15-7-8-18(13-16(15)2)32-22(17-9-11-28-12-10-17)30-31-23(32)34-14-21(33)29-20-6-4-3-5-19(20)24(25,26)27/h3-13H,14H2,1-2H3,(H,29,33). The number of carbonyl (C=O) groups excluding carboxylic acids is 1. The monoisotopic (exact) mass is 483 g/mol. The molecule has 0 radical (unpaired) electrons. The Morgan fingerprint density at radius 3 is 2.44 bits per heavy atom. The molecule has 4 rings (SSSR count). The Bertz CT molecular complexity index is 1320. The van der Waals surface area contributed by atoms with Gasteiger partial charge >= 0.3 is 6.18 Å². The number of thioether (sulfide) groups is 1. The molecular weight excluding hydrogens is 463 g/mol. The fourth-order valence-electron chi connectivity index (χ4n) is 3.30. The first-order valence-electron chi connectivity index (χ1n) is 10.3. The van der Waals surface area contributed by atoms with Crippen molar-refractivity contribution >= 4 is 23.4 Å². The normalized spacial score (nSPS) is 11.4. The summed E-state index contributed by atoms with van der Waals surface area (Å²) in [5.74, 6) is -0.163. The van der Waals surface area contributed by atoms with Crippen molar-refractivity contribution in [2.75, 3.05) is 11.1 Å². The highest BCUT2D eigenvalue weighted by atomic mass is 32.2. The van der Waals surface area contributed by atoms with Crippen molar-refractivity contribution in [3.05, 3.63) is 83.7 Å². The smallest absolute Gasteiger partial charge is 0.325 e. The second kappa shape index (κ2) is 9.68. The van der Waals surface area contributed by atoms with Crippen LogP contribution in [0, 0.1) is 13.8 Å². The average molecular weight is 484 g/mol. The van der Waals surface area contributed by atoms with E-state index in [-0.39, 0.29) is 11.4 Å². The largest absolute Gasteiger partial charge is 0.418 e. The number of nitrogens with zero attached hydrogens (tertiary/aromatic N) is 4. The molecule has 0 bridgehead atoms. The summed E-state index contributed by atoms with van der Waals surface area (Å²) in [6, 6.07) is 14.4. The van der Waals surface area contributed by atoms with Gasteiger partial charge in [-0.05, 0) is 61.4 Å². The topological polar surface area (TPSA) is 72.7 Å². The van der Waals surface area contributed by atoms with Gasteiger partial charge in [0.2, 0.25) is 5.91 Å². The van der Waals surface area contributed by atoms with Gasteiger partial charge in [0.05, 0.1) is 22.7 Å². The minimum absolute atomic E-state index is 0.147. The summed E-state index contributed by atoms with van der Waals surface area (Å²) in [4.78, 5) is 16.6. The lowest BCUT2D eigenvalue weighted by Crippen LogP contribution is -2.18. The Kier molecular flexibility index (Phi) is 6.69. The quantitative estimate of drug-likeness (QED) is 0.357. The average Bonchev–Trinajstić information content (AvgIpc) is 3.24. The Morgan fingerprint density at radius 2 is 1.74 bits per heavy atom. The predicted octanol–water partition coefficient (Wildman–Crippen LogP) is 5.70. The van der Waals surface area contributed by atoms with Gasteiger partial charge in [0, 0.05) is 18.0 Å². The molecule has 1 N–H and O–H groups in total. The van der Waals surface area contributed by atoms with E-state index in [2.05, 4.69) is 20.5 Å². The molecule has 10 heteroatoms. The number of hydrogen-bond donors (Lipinski definition) is 1. The van der Waals surface area contributed by atoms with Crippen LogP contribution >= 0.6 is 11.8 Å². The fourth-order valence-corrected chi connectivity index (χ4v) is 4.06. The second-order valence-electron chi connectivity index (χ2n) is 7.53. The summed E-state index contributed by atoms with van der Waals surface area (Å²) in [5.41, 5.74) is 2.62. The molecule has 0 aliphatic heterocycles. The van der Waals surface area contributed by atoms with Crippen molar-refractivity contribution in [2.45, 2.75) is 25.2 Å². The molecule has 0 saturated heterocycles. The lowest BCUT2D eigenvalue weighted by molar-refractivity contribution is -0.137. The molecule has 2 aromatic carbocycles. The molecule has 0 spiro atoms. The lowest BCUT2D eigenvalue weighted by Gasteiger charge is -2.14. The SMILES string of the molecule is Cc1ccc(-n2c(SCC(=O)Nc3ccccc3C(F)(F)F)nnc2-c2ccncc2)cc1C. The number of nitrogens with one attached hydrogen (secondary N) is 1. The maximum Gasteiger partial charge on any atom is 0.418 e. The number of benzene rings is 2. The number of alkyl halides is 3. The van der Waals surface area contributed by atoms with E-state index in [1.807, 2.05) is 36.6 Å². The van der Waals surface area contributed by atoms with Gasteiger partial charge in [0.1, 0.15) is 0 Å². The Morgan fingerprint density at radius 1 is 1.00 bits per heavy atom. The third-order valence-electron chi connectivity index (χ3n) is 5.16. The number of anilines is 1. The number of aryl methyl sites for hydroxylation is 2. The van der Waals surface area contributed by atoms with Crippen molar-refractivity contribution in [1.82, 2.24) is 19.7 Å². The summed E-state index contributed by atoms with van der Waals surface area (Å²) in [6.45, 7) is 4.00. The highest BCUT2D eigenvalue weighted by Crippen LogP contribution is 2.35. The van der Waals surface area contributed by atoms with E-state index in [4.69, 9.17) is 0 Å². The zero-order valence-corrected chi connectivity index (χ0v) is 19.1. The first-order valence-corrected chi connectivity index (χ1v) is 11.2. The van der Waals surface area contributed by atoms with Crippen molar-refractivity contribution in [1.29, 1.82) is 0 Å². The summed E-state index contributed by atoms with van der Waals surface area (Å²) in [7, 11) is 0. The fraction of sp³-hybridized carbons (Fsp3) is 0.167. The highest BCUT2D eigenvalue weighted by molar-refractivity contribution is 7.99. The maximum absolute atomic E-state index is 13.2. The number of rotatable bonds is 6. The van der Waals surface area contributed by atoms with Gasteiger partial charge in [-0.3, -0.25) is 14.3 Å². The van der Waals surface area contributed by atoms with E-state index in [1.165, 1.54) is 18.2 Å². The summed E-state index contributed by atoms with van der Waals surface area (Å²) in [5, 5.41) is 11.4. The number of hydrogen-bond acceptors (Lipinski definition) is 5. The van der Waals surface area contributed by atoms with Gasteiger partial charge in [-0.25, -0.2) is 0 Å². The van der Waals surface area contributed by atoms with Crippen LogP contribution in [0.4, 0.5) is 18.9 Å². The van der Waals surface area contributed by atoms with Gasteiger partial charge in [0.25, 0.3) is 0 Å². The van der Waals surface area contributed by atoms with Gasteiger partial charge < -0.3 is 5.32 Å². The van der Waals surface area contributed by atoms with Crippen LogP contribution in [-0.4, -0.2) is 31.4 Å². The van der Waals surface area contributed by atoms with Crippen LogP contribution in [0.3, 0.4) is 0 Å². The summed E-state index contributed by atoms with van der Waals surface area (Å²) in [6.07, 6.45) is -1.28. The first kappa shape index (κ1) is 23.5. The van der Waals surface area contributed by atoms with Crippen molar-refractivity contribution in [3.63, 3.8) is 0 Å². The molecule has 2 aromatic heterocycles. The van der Waals surface area contributed by atoms with E-state index >= 15 is 0 Å². The minimum Gasteiger partial charge on any atom is -0.325 e. The zero-order valence-electron chi connectivity index (χ0n) is 18.3. The third-order valence-corrected chi connectivity index (χ3v) is 6.09. The van der Waals surface area contributed by atoms with Crippen molar-refractivity contribution in [3.8, 4) is 17.1 Å². The number of halogens is 3. The van der Waals surface area contributed by atoms with Gasteiger partial charge in [-0.1, -0.05) is 30.0 Å². The van der Waals surface area contributed by atoms with E-state index in [1.54, 1.807) is 24.5 Å². The maximum atomic E-state index is 13.2. The molecule has 4 aromatic rings. The molecular formula is C24H20F3N5OS. The van der Waals surface area contributed by atoms with Crippen LogP contribution in [0.1, 0.15) is 16.7 Å². The molecule has 2 heterocycles. The second-order valence-corrected chi connectivity index (χ2v) is 8.47. The van der Waals surface area contributed by atoms with Crippen LogP contribution < -0.4 is 5.32 Å². The number of pyridine rings is 1. The van der Waals surface area contributed by atoms with Crippen LogP contribution in [0.5, 0.6) is 0 Å². The molecule has 0 atom stereocenters. The molecule has 0 unspecified atom stereocenters.